The predicted molar refractivity (Wildman–Crippen MR) is 156 cm³/mol. The van der Waals surface area contributed by atoms with E-state index in [1.54, 1.807) is 7.11 Å². The molecule has 1 saturated heterocycles. The zero-order valence-electron chi connectivity index (χ0n) is 22.8. The Morgan fingerprint density at radius 2 is 1.79 bits per heavy atom. The number of ether oxygens (including phenoxy) is 1. The van der Waals surface area contributed by atoms with Crippen LogP contribution < -0.4 is 19.9 Å². The second-order valence-corrected chi connectivity index (χ2v) is 10.2. The molecule has 9 nitrogen and oxygen atoms in total. The standard InChI is InChI=1S/C30H34N8O/c1-21-6-4-8-25(33-21)29-32-20-22-7-5-13-38(30(22)35-29)24-11-12-31-28(19-24)34-23-9-10-26(27(18-23)39-3)37-16-14-36(2)15-17-37/h4,6,8-12,18-20H,5,7,13-17H2,1-3H3,(H,31,34). The van der Waals surface area contributed by atoms with E-state index in [-0.39, 0.29) is 0 Å². The lowest BCUT2D eigenvalue weighted by Gasteiger charge is -2.34. The molecule has 3 aromatic heterocycles. The Morgan fingerprint density at radius 1 is 0.923 bits per heavy atom. The maximum atomic E-state index is 5.77. The molecule has 0 aliphatic carbocycles. The number of piperazine rings is 1. The number of nitrogens with zero attached hydrogens (tertiary/aromatic N) is 7. The number of pyridine rings is 2. The molecular weight excluding hydrogens is 488 g/mol. The Balaban J connectivity index is 1.25. The van der Waals surface area contributed by atoms with Crippen molar-refractivity contribution in [1.29, 1.82) is 0 Å². The minimum Gasteiger partial charge on any atom is -0.495 e. The third-order valence-electron chi connectivity index (χ3n) is 7.39. The number of nitrogens with one attached hydrogen (secondary N) is 1. The Morgan fingerprint density at radius 3 is 2.62 bits per heavy atom. The molecule has 5 heterocycles. The second kappa shape index (κ2) is 10.9. The van der Waals surface area contributed by atoms with Gasteiger partial charge >= 0.3 is 0 Å². The number of rotatable bonds is 6. The highest BCUT2D eigenvalue weighted by atomic mass is 16.5. The first-order valence-corrected chi connectivity index (χ1v) is 13.5. The van der Waals surface area contributed by atoms with Crippen molar-refractivity contribution in [3.05, 3.63) is 72.2 Å². The van der Waals surface area contributed by atoms with Gasteiger partial charge in [0.2, 0.25) is 0 Å². The fourth-order valence-corrected chi connectivity index (χ4v) is 5.25. The molecule has 0 spiro atoms. The first-order chi connectivity index (χ1) is 19.1. The van der Waals surface area contributed by atoms with Crippen LogP contribution in [0.15, 0.2) is 60.9 Å². The lowest BCUT2D eigenvalue weighted by atomic mass is 10.1. The smallest absolute Gasteiger partial charge is 0.180 e. The minimum absolute atomic E-state index is 0.643. The molecule has 0 saturated carbocycles. The van der Waals surface area contributed by atoms with Crippen LogP contribution >= 0.6 is 0 Å². The lowest BCUT2D eigenvalue weighted by Crippen LogP contribution is -2.44. The summed E-state index contributed by atoms with van der Waals surface area (Å²) in [4.78, 5) is 25.8. The molecule has 200 valence electrons. The van der Waals surface area contributed by atoms with Crippen molar-refractivity contribution in [3.63, 3.8) is 0 Å². The van der Waals surface area contributed by atoms with Gasteiger partial charge in [0.15, 0.2) is 5.82 Å². The molecule has 0 amide bonds. The van der Waals surface area contributed by atoms with Crippen molar-refractivity contribution in [2.24, 2.45) is 0 Å². The summed E-state index contributed by atoms with van der Waals surface area (Å²) in [6.07, 6.45) is 5.78. The molecule has 0 bridgehead atoms. The summed E-state index contributed by atoms with van der Waals surface area (Å²) >= 11 is 0. The quantitative estimate of drug-likeness (QED) is 0.383. The zero-order valence-corrected chi connectivity index (χ0v) is 22.8. The number of methoxy groups -OCH3 is 1. The molecular formula is C30H34N8O. The van der Waals surface area contributed by atoms with Gasteiger partial charge in [-0.1, -0.05) is 6.07 Å². The van der Waals surface area contributed by atoms with Crippen LogP contribution in [-0.2, 0) is 6.42 Å². The van der Waals surface area contributed by atoms with E-state index in [4.69, 9.17) is 9.72 Å². The number of aryl methyl sites for hydroxylation is 2. The molecule has 2 aliphatic rings. The van der Waals surface area contributed by atoms with Crippen molar-refractivity contribution in [3.8, 4) is 17.3 Å². The highest BCUT2D eigenvalue weighted by Crippen LogP contribution is 2.35. The zero-order chi connectivity index (χ0) is 26.8. The van der Waals surface area contributed by atoms with Crippen molar-refractivity contribution in [1.82, 2.24) is 24.8 Å². The number of benzene rings is 1. The van der Waals surface area contributed by atoms with Gasteiger partial charge in [-0.25, -0.2) is 19.9 Å². The van der Waals surface area contributed by atoms with Crippen molar-refractivity contribution < 1.29 is 4.74 Å². The summed E-state index contributed by atoms with van der Waals surface area (Å²) in [5.41, 5.74) is 5.98. The van der Waals surface area contributed by atoms with E-state index in [9.17, 15) is 0 Å². The Kier molecular flexibility index (Phi) is 6.98. The van der Waals surface area contributed by atoms with Crippen LogP contribution in [0.5, 0.6) is 5.75 Å². The number of anilines is 5. The molecule has 39 heavy (non-hydrogen) atoms. The molecule has 2 aliphatic heterocycles. The summed E-state index contributed by atoms with van der Waals surface area (Å²) in [5, 5.41) is 3.48. The van der Waals surface area contributed by atoms with Gasteiger partial charge in [0, 0.05) is 79.9 Å². The van der Waals surface area contributed by atoms with E-state index in [1.165, 1.54) is 0 Å². The van der Waals surface area contributed by atoms with Gasteiger partial charge in [-0.3, -0.25) is 0 Å². The summed E-state index contributed by atoms with van der Waals surface area (Å²) < 4.78 is 5.77. The fourth-order valence-electron chi connectivity index (χ4n) is 5.25. The SMILES string of the molecule is COc1cc(Nc2cc(N3CCCc4cnc(-c5cccc(C)n5)nc43)ccn2)ccc1N1CCN(C)CC1. The highest BCUT2D eigenvalue weighted by molar-refractivity contribution is 5.72. The largest absolute Gasteiger partial charge is 0.495 e. The van der Waals surface area contributed by atoms with Crippen LogP contribution in [0.2, 0.25) is 0 Å². The van der Waals surface area contributed by atoms with E-state index in [1.807, 2.05) is 49.6 Å². The Labute approximate surface area is 229 Å². The topological polar surface area (TPSA) is 82.5 Å². The summed E-state index contributed by atoms with van der Waals surface area (Å²) in [6.45, 7) is 6.94. The number of likely N-dealkylation sites (N-methyl/N-ethyl adjacent to an activating group) is 1. The fraction of sp³-hybridized carbons (Fsp3) is 0.333. The van der Waals surface area contributed by atoms with Crippen LogP contribution in [0, 0.1) is 6.92 Å². The number of aromatic nitrogens is 4. The van der Waals surface area contributed by atoms with Crippen LogP contribution in [0.4, 0.5) is 28.7 Å². The maximum Gasteiger partial charge on any atom is 0.180 e. The van der Waals surface area contributed by atoms with E-state index < -0.39 is 0 Å². The highest BCUT2D eigenvalue weighted by Gasteiger charge is 2.23. The molecule has 9 heteroatoms. The van der Waals surface area contributed by atoms with Crippen LogP contribution in [-0.4, -0.2) is 71.7 Å². The van der Waals surface area contributed by atoms with Gasteiger partial charge in [-0.05, 0) is 57.1 Å². The van der Waals surface area contributed by atoms with Gasteiger partial charge in [0.05, 0.1) is 12.8 Å². The maximum absolute atomic E-state index is 5.77. The van der Waals surface area contributed by atoms with Crippen molar-refractivity contribution >= 4 is 28.7 Å². The van der Waals surface area contributed by atoms with Gasteiger partial charge < -0.3 is 24.8 Å². The number of hydrogen-bond donors (Lipinski definition) is 1. The molecule has 4 aromatic rings. The first-order valence-electron chi connectivity index (χ1n) is 13.5. The van der Waals surface area contributed by atoms with Gasteiger partial charge in [0.25, 0.3) is 0 Å². The van der Waals surface area contributed by atoms with Gasteiger partial charge in [0.1, 0.15) is 23.1 Å². The average molecular weight is 523 g/mol. The molecule has 1 N–H and O–H groups in total. The summed E-state index contributed by atoms with van der Waals surface area (Å²) in [6, 6.07) is 16.3. The van der Waals surface area contributed by atoms with Crippen molar-refractivity contribution in [2.75, 3.05) is 62.0 Å². The lowest BCUT2D eigenvalue weighted by molar-refractivity contribution is 0.311. The van der Waals surface area contributed by atoms with Crippen LogP contribution in [0.3, 0.4) is 0 Å². The molecule has 0 radical (unpaired) electrons. The normalized spacial score (nSPS) is 15.7. The minimum atomic E-state index is 0.643. The molecule has 6 rings (SSSR count). The van der Waals surface area contributed by atoms with Crippen LogP contribution in [0.1, 0.15) is 17.7 Å². The third kappa shape index (κ3) is 5.35. The first kappa shape index (κ1) is 25.1. The van der Waals surface area contributed by atoms with E-state index in [0.717, 1.165) is 97.0 Å². The molecule has 1 aromatic carbocycles. The van der Waals surface area contributed by atoms with E-state index >= 15 is 0 Å². The third-order valence-corrected chi connectivity index (χ3v) is 7.39. The number of hydrogen-bond acceptors (Lipinski definition) is 9. The van der Waals surface area contributed by atoms with Gasteiger partial charge in [-0.2, -0.15) is 0 Å². The summed E-state index contributed by atoms with van der Waals surface area (Å²) in [5.74, 6) is 3.21. The molecule has 1 fully saturated rings. The van der Waals surface area contributed by atoms with Crippen LogP contribution in [0.25, 0.3) is 11.5 Å². The van der Waals surface area contributed by atoms with E-state index in [2.05, 4.69) is 60.2 Å². The molecule has 0 atom stereocenters. The monoisotopic (exact) mass is 522 g/mol. The van der Waals surface area contributed by atoms with E-state index in [0.29, 0.717) is 5.82 Å². The molecule has 0 unspecified atom stereocenters. The predicted octanol–water partition coefficient (Wildman–Crippen LogP) is 4.83. The second-order valence-electron chi connectivity index (χ2n) is 10.2. The summed E-state index contributed by atoms with van der Waals surface area (Å²) in [7, 11) is 3.89. The van der Waals surface area contributed by atoms with Gasteiger partial charge in [-0.15, -0.1) is 0 Å². The average Bonchev–Trinajstić information content (AvgIpc) is 2.97. The number of fused-ring (bicyclic) bond motifs is 1. The Hall–Kier alpha value is -4.24. The van der Waals surface area contributed by atoms with Crippen molar-refractivity contribution in [2.45, 2.75) is 19.8 Å². The Bertz CT molecular complexity index is 1470.